The number of hydrogen-bond donors (Lipinski definition) is 3. The van der Waals surface area contributed by atoms with Gasteiger partial charge in [-0.3, -0.25) is 14.4 Å². The maximum Gasteiger partial charge on any atom is 0.272 e. The molecule has 40 heavy (non-hydrogen) atoms. The van der Waals surface area contributed by atoms with E-state index >= 15 is 0 Å². The maximum absolute atomic E-state index is 13.3. The highest BCUT2D eigenvalue weighted by Gasteiger charge is 2.17. The molecule has 0 heterocycles. The zero-order chi connectivity index (χ0) is 28.5. The summed E-state index contributed by atoms with van der Waals surface area (Å²) in [5.41, 5.74) is 2.35. The highest BCUT2D eigenvalue weighted by atomic mass is 79.9. The van der Waals surface area contributed by atoms with Crippen molar-refractivity contribution in [3.63, 3.8) is 0 Å². The minimum atomic E-state index is -0.507. The molecule has 0 aromatic heterocycles. The summed E-state index contributed by atoms with van der Waals surface area (Å²) in [6, 6.07) is 30.1. The van der Waals surface area contributed by atoms with E-state index in [9.17, 15) is 14.4 Å². The summed E-state index contributed by atoms with van der Waals surface area (Å²) in [5, 5.41) is 8.58. The van der Waals surface area contributed by atoms with E-state index in [0.29, 0.717) is 27.5 Å². The molecular weight excluding hydrogens is 610 g/mol. The molecule has 202 valence electrons. The normalized spacial score (nSPS) is 11.8. The third-order valence-electron chi connectivity index (χ3n) is 5.57. The van der Waals surface area contributed by atoms with Crippen molar-refractivity contribution in [3.05, 3.63) is 129 Å². The van der Waals surface area contributed by atoms with E-state index in [1.54, 1.807) is 72.8 Å². The van der Waals surface area contributed by atoms with E-state index in [-0.39, 0.29) is 11.6 Å². The summed E-state index contributed by atoms with van der Waals surface area (Å²) in [5.74, 6) is -1.07. The first-order valence-corrected chi connectivity index (χ1v) is 14.3. The molecule has 0 aliphatic carbocycles. The van der Waals surface area contributed by atoms with Crippen LogP contribution in [0.3, 0.4) is 0 Å². The molecule has 0 saturated carbocycles. The first-order chi connectivity index (χ1) is 19.3. The van der Waals surface area contributed by atoms with Gasteiger partial charge < -0.3 is 16.0 Å². The second-order valence-corrected chi connectivity index (χ2v) is 11.4. The van der Waals surface area contributed by atoms with Gasteiger partial charge in [-0.1, -0.05) is 63.9 Å². The van der Waals surface area contributed by atoms with Gasteiger partial charge in [0.15, 0.2) is 0 Å². The Morgan fingerprint density at radius 3 is 2.27 bits per heavy atom. The molecule has 4 aromatic carbocycles. The lowest BCUT2D eigenvalue weighted by Crippen LogP contribution is -2.30. The Morgan fingerprint density at radius 1 is 0.825 bits per heavy atom. The van der Waals surface area contributed by atoms with Gasteiger partial charge in [0.2, 0.25) is 5.91 Å². The third kappa shape index (κ3) is 8.58. The van der Waals surface area contributed by atoms with Crippen LogP contribution in [0.4, 0.5) is 11.4 Å². The van der Waals surface area contributed by atoms with Crippen LogP contribution in [0.1, 0.15) is 22.8 Å². The van der Waals surface area contributed by atoms with E-state index in [1.807, 2.05) is 43.3 Å². The number of anilines is 2. The van der Waals surface area contributed by atoms with Crippen LogP contribution in [0.5, 0.6) is 0 Å². The average molecular weight is 635 g/mol. The summed E-state index contributed by atoms with van der Waals surface area (Å²) in [7, 11) is 0. The Labute approximate surface area is 250 Å². The lowest BCUT2D eigenvalue weighted by molar-refractivity contribution is -0.115. The van der Waals surface area contributed by atoms with Crippen LogP contribution in [0.25, 0.3) is 6.08 Å². The molecule has 0 spiro atoms. The molecule has 3 N–H and O–H groups in total. The topological polar surface area (TPSA) is 87.3 Å². The zero-order valence-corrected chi connectivity index (χ0v) is 24.5. The van der Waals surface area contributed by atoms with Gasteiger partial charge in [-0.05, 0) is 85.3 Å². The number of hydrogen-bond acceptors (Lipinski definition) is 4. The first-order valence-electron chi connectivity index (χ1n) is 12.2. The highest BCUT2D eigenvalue weighted by Crippen LogP contribution is 2.27. The van der Waals surface area contributed by atoms with Crippen LogP contribution in [0.15, 0.2) is 118 Å². The second kappa shape index (κ2) is 14.0. The van der Waals surface area contributed by atoms with Gasteiger partial charge in [-0.15, -0.1) is 11.8 Å². The number of halogens is 2. The van der Waals surface area contributed by atoms with Crippen molar-refractivity contribution in [2.24, 2.45) is 0 Å². The fourth-order valence-electron chi connectivity index (χ4n) is 3.59. The number of carbonyl (C=O) groups excluding carboxylic acids is 3. The molecule has 4 aromatic rings. The van der Waals surface area contributed by atoms with Crippen molar-refractivity contribution in [3.8, 4) is 0 Å². The summed E-state index contributed by atoms with van der Waals surface area (Å²) < 4.78 is 0.928. The minimum Gasteiger partial charge on any atom is -0.325 e. The summed E-state index contributed by atoms with van der Waals surface area (Å²) >= 11 is 10.9. The largest absolute Gasteiger partial charge is 0.325 e. The lowest BCUT2D eigenvalue weighted by Gasteiger charge is -2.14. The monoisotopic (exact) mass is 633 g/mol. The number of benzene rings is 4. The molecular formula is C31H25BrClN3O3S. The quantitative estimate of drug-likeness (QED) is 0.131. The number of thioether (sulfide) groups is 1. The molecule has 6 nitrogen and oxygen atoms in total. The van der Waals surface area contributed by atoms with E-state index in [0.717, 1.165) is 9.37 Å². The molecule has 3 amide bonds. The molecule has 1 unspecified atom stereocenters. The van der Waals surface area contributed by atoms with Crippen LogP contribution >= 0.6 is 39.3 Å². The van der Waals surface area contributed by atoms with Gasteiger partial charge in [0.1, 0.15) is 5.70 Å². The Balaban J connectivity index is 1.47. The SMILES string of the molecule is CC(Sc1cccc(NC(=O)/C(=C/c2cccc(Cl)c2)NC(=O)c2ccccc2)c1)C(=O)Nc1ccc(Br)cc1. The number of carbonyl (C=O) groups is 3. The van der Waals surface area contributed by atoms with Crippen molar-refractivity contribution < 1.29 is 14.4 Å². The van der Waals surface area contributed by atoms with Crippen molar-refractivity contribution in [1.29, 1.82) is 0 Å². The molecule has 0 radical (unpaired) electrons. The predicted molar refractivity (Wildman–Crippen MR) is 166 cm³/mol. The summed E-state index contributed by atoms with van der Waals surface area (Å²) in [6.07, 6.45) is 1.56. The molecule has 0 bridgehead atoms. The maximum atomic E-state index is 13.3. The molecule has 1 atom stereocenters. The summed E-state index contributed by atoms with van der Waals surface area (Å²) in [6.45, 7) is 1.81. The average Bonchev–Trinajstić information content (AvgIpc) is 2.94. The lowest BCUT2D eigenvalue weighted by atomic mass is 10.1. The Hall–Kier alpha value is -3.85. The van der Waals surface area contributed by atoms with Gasteiger partial charge in [0.25, 0.3) is 11.8 Å². The van der Waals surface area contributed by atoms with Crippen LogP contribution in [-0.4, -0.2) is 23.0 Å². The second-order valence-electron chi connectivity index (χ2n) is 8.67. The van der Waals surface area contributed by atoms with Crippen LogP contribution in [-0.2, 0) is 9.59 Å². The smallest absolute Gasteiger partial charge is 0.272 e. The molecule has 0 fully saturated rings. The van der Waals surface area contributed by atoms with Crippen molar-refractivity contribution in [2.75, 3.05) is 10.6 Å². The van der Waals surface area contributed by atoms with Crippen LogP contribution < -0.4 is 16.0 Å². The zero-order valence-electron chi connectivity index (χ0n) is 21.4. The van der Waals surface area contributed by atoms with Crippen molar-refractivity contribution in [2.45, 2.75) is 17.1 Å². The van der Waals surface area contributed by atoms with E-state index in [4.69, 9.17) is 11.6 Å². The number of amides is 3. The molecule has 0 aliphatic rings. The highest BCUT2D eigenvalue weighted by molar-refractivity contribution is 9.10. The Bertz CT molecular complexity index is 1550. The molecule has 0 saturated heterocycles. The van der Waals surface area contributed by atoms with Gasteiger partial charge in [0, 0.05) is 31.3 Å². The standard InChI is InChI=1S/C31H25BrClN3O3S/c1-20(29(37)34-25-15-13-23(32)14-16-25)40-27-12-6-11-26(19-27)35-31(39)28(18-21-7-5-10-24(33)17-21)36-30(38)22-8-3-2-4-9-22/h2-20H,1H3,(H,34,37)(H,35,39)(H,36,38)/b28-18-. The number of rotatable bonds is 9. The number of nitrogens with one attached hydrogen (secondary N) is 3. The van der Waals surface area contributed by atoms with Gasteiger partial charge >= 0.3 is 0 Å². The van der Waals surface area contributed by atoms with Gasteiger partial charge in [-0.25, -0.2) is 0 Å². The molecule has 4 rings (SSSR count). The first kappa shape index (κ1) is 29.1. The minimum absolute atomic E-state index is 0.0522. The van der Waals surface area contributed by atoms with Crippen molar-refractivity contribution in [1.82, 2.24) is 5.32 Å². The van der Waals surface area contributed by atoms with Gasteiger partial charge in [0.05, 0.1) is 5.25 Å². The van der Waals surface area contributed by atoms with E-state index in [1.165, 1.54) is 11.8 Å². The molecule has 0 aliphatic heterocycles. The summed E-state index contributed by atoms with van der Waals surface area (Å²) in [4.78, 5) is 39.7. The Kier molecular flexibility index (Phi) is 10.2. The van der Waals surface area contributed by atoms with Crippen LogP contribution in [0.2, 0.25) is 5.02 Å². The van der Waals surface area contributed by atoms with Gasteiger partial charge in [-0.2, -0.15) is 0 Å². The van der Waals surface area contributed by atoms with Crippen LogP contribution in [0, 0.1) is 0 Å². The fraction of sp³-hybridized carbons (Fsp3) is 0.0645. The third-order valence-corrected chi connectivity index (χ3v) is 7.43. The Morgan fingerprint density at radius 2 is 1.55 bits per heavy atom. The van der Waals surface area contributed by atoms with E-state index < -0.39 is 17.1 Å². The van der Waals surface area contributed by atoms with Crippen molar-refractivity contribution >= 4 is 74.5 Å². The van der Waals surface area contributed by atoms with E-state index in [2.05, 4.69) is 31.9 Å². The fourth-order valence-corrected chi connectivity index (χ4v) is 4.98. The predicted octanol–water partition coefficient (Wildman–Crippen LogP) is 7.63. The molecule has 9 heteroatoms.